The van der Waals surface area contributed by atoms with Crippen LogP contribution < -0.4 is 5.32 Å². The molecule has 2 N–H and O–H groups in total. The van der Waals surface area contributed by atoms with Crippen molar-refractivity contribution in [3.63, 3.8) is 0 Å². The van der Waals surface area contributed by atoms with Gasteiger partial charge in [0.1, 0.15) is 5.82 Å². The lowest BCUT2D eigenvalue weighted by Gasteiger charge is -2.29. The number of likely N-dealkylation sites (N-methyl/N-ethyl adjacent to an activating group) is 1. The zero-order valence-corrected chi connectivity index (χ0v) is 18.7. The number of carbonyl (C=O) groups is 1. The zero-order chi connectivity index (χ0) is 20.5. The summed E-state index contributed by atoms with van der Waals surface area (Å²) in [5, 5.41) is 5.56. The second-order valence-electron chi connectivity index (χ2n) is 8.09. The minimum absolute atomic E-state index is 0.0160. The Morgan fingerprint density at radius 1 is 1.24 bits per heavy atom. The number of benzene rings is 2. The largest absolute Gasteiger partial charge is 0.340 e. The highest BCUT2D eigenvalue weighted by atomic mass is 79.9. The third kappa shape index (κ3) is 3.96. The van der Waals surface area contributed by atoms with E-state index >= 15 is 0 Å². The number of amides is 1. The Morgan fingerprint density at radius 2 is 2.00 bits per heavy atom. The first-order valence-electron chi connectivity index (χ1n) is 10.2. The predicted molar refractivity (Wildman–Crippen MR) is 121 cm³/mol. The summed E-state index contributed by atoms with van der Waals surface area (Å²) in [6.07, 6.45) is 3.83. The number of imidazole rings is 1. The maximum atomic E-state index is 13.1. The van der Waals surface area contributed by atoms with Crippen molar-refractivity contribution in [2.45, 2.75) is 38.8 Å². The highest BCUT2D eigenvalue weighted by Gasteiger charge is 2.36. The van der Waals surface area contributed by atoms with E-state index in [4.69, 9.17) is 0 Å². The maximum Gasteiger partial charge on any atom is 0.240 e. The number of halogens is 1. The van der Waals surface area contributed by atoms with Crippen molar-refractivity contribution in [1.29, 1.82) is 0 Å². The van der Waals surface area contributed by atoms with Crippen molar-refractivity contribution in [1.82, 2.24) is 20.2 Å². The van der Waals surface area contributed by atoms with Gasteiger partial charge >= 0.3 is 0 Å². The summed E-state index contributed by atoms with van der Waals surface area (Å²) in [4.78, 5) is 23.2. The van der Waals surface area contributed by atoms with Crippen LogP contribution in [-0.2, 0) is 4.79 Å². The lowest BCUT2D eigenvalue weighted by molar-refractivity contribution is -0.135. The van der Waals surface area contributed by atoms with Gasteiger partial charge in [-0.1, -0.05) is 48.0 Å². The van der Waals surface area contributed by atoms with Gasteiger partial charge in [0.2, 0.25) is 5.91 Å². The third-order valence-electron chi connectivity index (χ3n) is 5.80. The molecule has 5 nitrogen and oxygen atoms in total. The van der Waals surface area contributed by atoms with Gasteiger partial charge in [-0.2, -0.15) is 0 Å². The molecule has 0 radical (unpaired) electrons. The molecule has 0 unspecified atom stereocenters. The number of H-pyrrole nitrogens is 1. The van der Waals surface area contributed by atoms with Crippen molar-refractivity contribution in [2.75, 3.05) is 13.6 Å². The second-order valence-corrected chi connectivity index (χ2v) is 9.00. The average Bonchev–Trinajstić information content (AvgIpc) is 3.37. The number of aromatic nitrogens is 2. The van der Waals surface area contributed by atoms with Gasteiger partial charge < -0.3 is 15.2 Å². The number of nitrogens with one attached hydrogen (secondary N) is 2. The normalized spacial score (nSPS) is 18.0. The molecular weight excluding hydrogens is 428 g/mol. The summed E-state index contributed by atoms with van der Waals surface area (Å²) in [5.41, 5.74) is 2.09. The number of fused-ring (bicyclic) bond motifs is 1. The molecule has 2 heterocycles. The fourth-order valence-corrected chi connectivity index (χ4v) is 4.65. The van der Waals surface area contributed by atoms with E-state index in [9.17, 15) is 4.79 Å². The molecule has 1 fully saturated rings. The molecule has 152 valence electrons. The molecule has 0 spiro atoms. The Hall–Kier alpha value is -2.18. The standard InChI is InChI=1S/C23H27BrN4O/c1-14(2)21(25-3)23(29)28-10-4-5-20(28)22-26-13-19(27-22)17-7-6-16-12-18(24)9-8-15(16)11-17/h6-9,11-14,20-21,25H,4-5,10H2,1-3H3,(H,26,27)/t20-,21-/m0/s1. The van der Waals surface area contributed by atoms with E-state index in [0.717, 1.165) is 40.9 Å². The summed E-state index contributed by atoms with van der Waals surface area (Å²) < 4.78 is 1.08. The highest BCUT2D eigenvalue weighted by Crippen LogP contribution is 2.33. The van der Waals surface area contributed by atoms with Gasteiger partial charge in [0.05, 0.1) is 24.0 Å². The molecule has 0 aliphatic carbocycles. The quantitative estimate of drug-likeness (QED) is 0.576. The molecule has 2 aromatic carbocycles. The smallest absolute Gasteiger partial charge is 0.240 e. The minimum Gasteiger partial charge on any atom is -0.340 e. The molecule has 0 saturated carbocycles. The van der Waals surface area contributed by atoms with Gasteiger partial charge in [-0.15, -0.1) is 0 Å². The lowest BCUT2D eigenvalue weighted by Crippen LogP contribution is -2.47. The van der Waals surface area contributed by atoms with Crippen LogP contribution >= 0.6 is 15.9 Å². The van der Waals surface area contributed by atoms with Crippen LogP contribution in [0.5, 0.6) is 0 Å². The first-order valence-corrected chi connectivity index (χ1v) is 11.0. The fourth-order valence-electron chi connectivity index (χ4n) is 4.27. The van der Waals surface area contributed by atoms with E-state index in [2.05, 4.69) is 81.5 Å². The lowest BCUT2D eigenvalue weighted by atomic mass is 10.0. The average molecular weight is 455 g/mol. The van der Waals surface area contributed by atoms with Gasteiger partial charge in [-0.25, -0.2) is 4.98 Å². The number of likely N-dealkylation sites (tertiary alicyclic amines) is 1. The summed E-state index contributed by atoms with van der Waals surface area (Å²) in [5.74, 6) is 1.29. The van der Waals surface area contributed by atoms with Crippen molar-refractivity contribution in [3.8, 4) is 11.3 Å². The molecule has 3 aromatic rings. The number of hydrogen-bond donors (Lipinski definition) is 2. The van der Waals surface area contributed by atoms with Gasteiger partial charge in [0.15, 0.2) is 0 Å². The van der Waals surface area contributed by atoms with Crippen LogP contribution in [0.1, 0.15) is 38.6 Å². The molecule has 4 rings (SSSR count). The van der Waals surface area contributed by atoms with Gasteiger partial charge in [0, 0.05) is 16.6 Å². The maximum absolute atomic E-state index is 13.1. The number of hydrogen-bond acceptors (Lipinski definition) is 3. The van der Waals surface area contributed by atoms with E-state index in [-0.39, 0.29) is 23.9 Å². The SMILES string of the molecule is CN[C@H](C(=O)N1CCC[C@H]1c1ncc(-c2ccc3cc(Br)ccc3c2)[nH]1)C(C)C. The molecule has 1 amide bonds. The Labute approximate surface area is 180 Å². The van der Waals surface area contributed by atoms with E-state index in [1.54, 1.807) is 0 Å². The summed E-state index contributed by atoms with van der Waals surface area (Å²) in [6, 6.07) is 12.5. The number of carbonyl (C=O) groups excluding carboxylic acids is 1. The van der Waals surface area contributed by atoms with E-state index in [1.165, 1.54) is 10.8 Å². The number of aromatic amines is 1. The molecule has 1 aliphatic heterocycles. The molecule has 1 saturated heterocycles. The van der Waals surface area contributed by atoms with Gasteiger partial charge in [0.25, 0.3) is 0 Å². The summed E-state index contributed by atoms with van der Waals surface area (Å²) in [7, 11) is 1.86. The van der Waals surface area contributed by atoms with Crippen LogP contribution in [0.25, 0.3) is 22.0 Å². The van der Waals surface area contributed by atoms with Crippen LogP contribution in [0.2, 0.25) is 0 Å². The third-order valence-corrected chi connectivity index (χ3v) is 6.30. The monoisotopic (exact) mass is 454 g/mol. The molecule has 0 bridgehead atoms. The number of rotatable bonds is 5. The Balaban J connectivity index is 1.60. The highest BCUT2D eigenvalue weighted by molar-refractivity contribution is 9.10. The molecular formula is C23H27BrN4O. The Kier molecular flexibility index (Phi) is 5.74. The zero-order valence-electron chi connectivity index (χ0n) is 17.1. The van der Waals surface area contributed by atoms with Crippen molar-refractivity contribution in [3.05, 3.63) is 52.9 Å². The van der Waals surface area contributed by atoms with E-state index in [1.807, 2.05) is 18.1 Å². The van der Waals surface area contributed by atoms with Crippen LogP contribution in [0.4, 0.5) is 0 Å². The van der Waals surface area contributed by atoms with Crippen LogP contribution in [0.3, 0.4) is 0 Å². The van der Waals surface area contributed by atoms with E-state index in [0.29, 0.717) is 0 Å². The van der Waals surface area contributed by atoms with Gasteiger partial charge in [-0.05, 0) is 54.8 Å². The fraction of sp³-hybridized carbons (Fsp3) is 0.391. The summed E-state index contributed by atoms with van der Waals surface area (Å²) >= 11 is 3.53. The summed E-state index contributed by atoms with van der Waals surface area (Å²) in [6.45, 7) is 4.94. The first-order chi connectivity index (χ1) is 14.0. The molecule has 29 heavy (non-hydrogen) atoms. The Bertz CT molecular complexity index is 1030. The van der Waals surface area contributed by atoms with Crippen LogP contribution in [0.15, 0.2) is 47.1 Å². The molecule has 1 aromatic heterocycles. The molecule has 6 heteroatoms. The molecule has 1 aliphatic rings. The number of nitrogens with zero attached hydrogens (tertiary/aromatic N) is 2. The van der Waals surface area contributed by atoms with Crippen molar-refractivity contribution in [2.24, 2.45) is 5.92 Å². The minimum atomic E-state index is -0.162. The second kappa shape index (κ2) is 8.28. The van der Waals surface area contributed by atoms with Crippen LogP contribution in [0, 0.1) is 5.92 Å². The molecule has 2 atom stereocenters. The van der Waals surface area contributed by atoms with E-state index < -0.39 is 0 Å². The predicted octanol–water partition coefficient (Wildman–Crippen LogP) is 4.90. The topological polar surface area (TPSA) is 61.0 Å². The van der Waals surface area contributed by atoms with Crippen LogP contribution in [-0.4, -0.2) is 40.4 Å². The van der Waals surface area contributed by atoms with Gasteiger partial charge in [-0.3, -0.25) is 4.79 Å². The van der Waals surface area contributed by atoms with Crippen molar-refractivity contribution >= 4 is 32.6 Å². The first kappa shape index (κ1) is 20.1. The Morgan fingerprint density at radius 3 is 2.76 bits per heavy atom. The van der Waals surface area contributed by atoms with Crippen molar-refractivity contribution < 1.29 is 4.79 Å².